The highest BCUT2D eigenvalue weighted by Gasteiger charge is 2.21. The lowest BCUT2D eigenvalue weighted by Crippen LogP contribution is -2.13. The molecule has 28 heavy (non-hydrogen) atoms. The van der Waals surface area contributed by atoms with Gasteiger partial charge in [-0.2, -0.15) is 0 Å². The number of aryl methyl sites for hydroxylation is 4. The van der Waals surface area contributed by atoms with Gasteiger partial charge in [0.25, 0.3) is 0 Å². The van der Waals surface area contributed by atoms with Crippen LogP contribution in [0.3, 0.4) is 0 Å². The van der Waals surface area contributed by atoms with Crippen molar-refractivity contribution in [2.75, 3.05) is 18.3 Å². The predicted molar refractivity (Wildman–Crippen MR) is 119 cm³/mol. The number of hydrogen-bond donors (Lipinski definition) is 0. The van der Waals surface area contributed by atoms with E-state index in [4.69, 9.17) is 8.39 Å². The quantitative estimate of drug-likeness (QED) is 0.477. The van der Waals surface area contributed by atoms with Crippen LogP contribution in [-0.4, -0.2) is 13.6 Å². The first-order valence-electron chi connectivity index (χ1n) is 10.9. The van der Waals surface area contributed by atoms with Gasteiger partial charge < -0.3 is 8.39 Å². The maximum atomic E-state index is 6.58. The highest BCUT2D eigenvalue weighted by Crippen LogP contribution is 2.42. The third-order valence-corrected chi connectivity index (χ3v) is 7.88. The number of benzene rings is 2. The standard InChI is InChI=1S/C24H30NO2P/c1-3-16-25(2)28-26-21-14-12-17-8-4-6-10-19(17)23(21)24-20-11-7-5-9-18(20)13-15-22(24)27-28/h12-15H,3-11,16H2,1-2H3. The van der Waals surface area contributed by atoms with Crippen molar-refractivity contribution in [1.82, 2.24) is 0 Å². The maximum Gasteiger partial charge on any atom is 0.309 e. The Hall–Kier alpha value is -1.70. The second-order valence-corrected chi connectivity index (χ2v) is 9.89. The maximum absolute atomic E-state index is 6.58. The van der Waals surface area contributed by atoms with Crippen LogP contribution in [0.4, 0.5) is 0 Å². The van der Waals surface area contributed by atoms with Crippen LogP contribution < -0.4 is 4.67 Å². The molecular weight excluding hydrogens is 365 g/mol. The Bertz CT molecular complexity index is 991. The van der Waals surface area contributed by atoms with Crippen LogP contribution in [0.1, 0.15) is 61.3 Å². The van der Waals surface area contributed by atoms with E-state index in [2.05, 4.69) is 42.9 Å². The fourth-order valence-corrected chi connectivity index (χ4v) is 6.36. The molecular formula is C24H30NO2P. The topological polar surface area (TPSA) is 29.5 Å². The summed E-state index contributed by atoms with van der Waals surface area (Å²) < 4.78 is 15.4. The summed E-state index contributed by atoms with van der Waals surface area (Å²) in [6, 6.07) is 9.05. The first kappa shape index (κ1) is 18.3. The SMILES string of the molecule is CCCN(C)p1oc2ccc3c(c2c2c4c(ccc2o1)CCCC4)CCCC3. The second kappa shape index (κ2) is 7.61. The van der Waals surface area contributed by atoms with E-state index in [9.17, 15) is 0 Å². The summed E-state index contributed by atoms with van der Waals surface area (Å²) in [4.78, 5) is 0. The molecule has 0 amide bonds. The Balaban J connectivity index is 1.93. The minimum atomic E-state index is -1.13. The van der Waals surface area contributed by atoms with Crippen LogP contribution in [0.2, 0.25) is 0 Å². The third kappa shape index (κ3) is 3.09. The first-order chi connectivity index (χ1) is 13.8. The number of hydrogen-bond acceptors (Lipinski definition) is 3. The van der Waals surface area contributed by atoms with E-state index in [0.717, 1.165) is 37.0 Å². The van der Waals surface area contributed by atoms with Gasteiger partial charge in [0.05, 0.1) is 0 Å². The molecule has 3 nitrogen and oxygen atoms in total. The fraction of sp³-hybridized carbons (Fsp3) is 0.500. The molecule has 0 bridgehead atoms. The molecule has 2 aromatic carbocycles. The summed E-state index contributed by atoms with van der Waals surface area (Å²) in [6.45, 7) is 3.19. The van der Waals surface area contributed by atoms with Crippen molar-refractivity contribution < 1.29 is 8.39 Å². The van der Waals surface area contributed by atoms with E-state index in [1.165, 1.54) is 71.6 Å². The zero-order valence-electron chi connectivity index (χ0n) is 17.1. The van der Waals surface area contributed by atoms with Crippen molar-refractivity contribution in [2.45, 2.75) is 64.7 Å². The average molecular weight is 395 g/mol. The Morgan fingerprint density at radius 3 is 1.79 bits per heavy atom. The number of nitrogens with zero attached hydrogens (tertiary/aromatic N) is 1. The highest BCUT2D eigenvalue weighted by atomic mass is 31.1. The lowest BCUT2D eigenvalue weighted by atomic mass is 9.84. The lowest BCUT2D eigenvalue weighted by Gasteiger charge is -2.20. The third-order valence-electron chi connectivity index (χ3n) is 6.42. The molecule has 0 saturated carbocycles. The average Bonchev–Trinajstić information content (AvgIpc) is 2.91. The summed E-state index contributed by atoms with van der Waals surface area (Å²) in [5.74, 6) is 0. The van der Waals surface area contributed by atoms with E-state index >= 15 is 0 Å². The van der Waals surface area contributed by atoms with Crippen molar-refractivity contribution in [3.8, 4) is 0 Å². The van der Waals surface area contributed by atoms with Gasteiger partial charge >= 0.3 is 8.16 Å². The summed E-state index contributed by atoms with van der Waals surface area (Å²) in [6.07, 6.45) is 11.0. The van der Waals surface area contributed by atoms with Crippen molar-refractivity contribution in [2.24, 2.45) is 0 Å². The molecule has 0 radical (unpaired) electrons. The van der Waals surface area contributed by atoms with Crippen LogP contribution in [0, 0.1) is 0 Å². The summed E-state index contributed by atoms with van der Waals surface area (Å²) in [7, 11) is 0.990. The zero-order valence-corrected chi connectivity index (χ0v) is 18.0. The smallest absolute Gasteiger partial charge is 0.309 e. The predicted octanol–water partition coefficient (Wildman–Crippen LogP) is 7.03. The monoisotopic (exact) mass is 395 g/mol. The van der Waals surface area contributed by atoms with Gasteiger partial charge in [-0.05, 0) is 92.2 Å². The van der Waals surface area contributed by atoms with Gasteiger partial charge in [0, 0.05) is 24.4 Å². The second-order valence-electron chi connectivity index (χ2n) is 8.37. The minimum Gasteiger partial charge on any atom is -0.408 e. The van der Waals surface area contributed by atoms with Crippen LogP contribution in [0.25, 0.3) is 21.9 Å². The molecule has 0 saturated heterocycles. The molecule has 0 aliphatic heterocycles. The minimum absolute atomic E-state index is 0.978. The van der Waals surface area contributed by atoms with E-state index in [0.29, 0.717) is 0 Å². The molecule has 0 fully saturated rings. The van der Waals surface area contributed by atoms with Gasteiger partial charge in [-0.25, -0.2) is 4.67 Å². The molecule has 4 heteroatoms. The molecule has 0 atom stereocenters. The van der Waals surface area contributed by atoms with Crippen molar-refractivity contribution in [3.63, 3.8) is 0 Å². The van der Waals surface area contributed by atoms with E-state index in [1.54, 1.807) is 0 Å². The molecule has 2 aliphatic carbocycles. The molecule has 0 unspecified atom stereocenters. The summed E-state index contributed by atoms with van der Waals surface area (Å²) in [5, 5.41) is 2.70. The molecule has 0 spiro atoms. The van der Waals surface area contributed by atoms with Crippen LogP contribution in [-0.2, 0) is 25.7 Å². The Kier molecular flexibility index (Phi) is 4.99. The summed E-state index contributed by atoms with van der Waals surface area (Å²) >= 11 is 0. The zero-order chi connectivity index (χ0) is 19.1. The normalized spacial score (nSPS) is 16.4. The highest BCUT2D eigenvalue weighted by molar-refractivity contribution is 7.38. The van der Waals surface area contributed by atoms with Gasteiger partial charge in [0.1, 0.15) is 11.2 Å². The summed E-state index contributed by atoms with van der Waals surface area (Å²) in [5.41, 5.74) is 8.13. The molecule has 5 rings (SSSR count). The first-order valence-corrected chi connectivity index (χ1v) is 12.1. The van der Waals surface area contributed by atoms with E-state index in [1.807, 2.05) is 0 Å². The Morgan fingerprint density at radius 1 is 0.786 bits per heavy atom. The van der Waals surface area contributed by atoms with Crippen molar-refractivity contribution in [1.29, 1.82) is 0 Å². The molecule has 3 aromatic rings. The largest absolute Gasteiger partial charge is 0.408 e. The van der Waals surface area contributed by atoms with Crippen LogP contribution in [0.5, 0.6) is 0 Å². The van der Waals surface area contributed by atoms with Crippen molar-refractivity contribution in [3.05, 3.63) is 46.5 Å². The fourth-order valence-electron chi connectivity index (χ4n) is 5.04. The van der Waals surface area contributed by atoms with Crippen LogP contribution in [0.15, 0.2) is 32.7 Å². The van der Waals surface area contributed by atoms with Gasteiger partial charge in [-0.15, -0.1) is 0 Å². The molecule has 1 aromatic heterocycles. The molecule has 0 N–H and O–H groups in total. The van der Waals surface area contributed by atoms with E-state index < -0.39 is 8.16 Å². The molecule has 1 heterocycles. The van der Waals surface area contributed by atoms with Crippen molar-refractivity contribution >= 4 is 30.1 Å². The lowest BCUT2D eigenvalue weighted by molar-refractivity contribution is 0.625. The Labute approximate surface area is 168 Å². The van der Waals surface area contributed by atoms with Gasteiger partial charge in [0.2, 0.25) is 0 Å². The Morgan fingerprint density at radius 2 is 1.29 bits per heavy atom. The van der Waals surface area contributed by atoms with Gasteiger partial charge in [-0.3, -0.25) is 0 Å². The molecule has 2 aliphatic rings. The van der Waals surface area contributed by atoms with E-state index in [-0.39, 0.29) is 0 Å². The number of rotatable bonds is 3. The van der Waals surface area contributed by atoms with Gasteiger partial charge in [-0.1, -0.05) is 19.1 Å². The van der Waals surface area contributed by atoms with Crippen LogP contribution >= 0.6 is 8.16 Å². The molecule has 148 valence electrons. The van der Waals surface area contributed by atoms with Gasteiger partial charge in [0.15, 0.2) is 0 Å². The number of fused-ring (bicyclic) bond motifs is 7.